The molecule has 2 atom stereocenters. The average molecular weight is 516 g/mol. The van der Waals surface area contributed by atoms with Crippen molar-refractivity contribution in [3.8, 4) is 0 Å². The van der Waals surface area contributed by atoms with Gasteiger partial charge in [0.1, 0.15) is 17.7 Å². The molecule has 1 aromatic carbocycles. The monoisotopic (exact) mass is 515 g/mol. The van der Waals surface area contributed by atoms with Crippen LogP contribution in [0.25, 0.3) is 0 Å². The number of hydrogen-bond donors (Lipinski definition) is 2. The highest BCUT2D eigenvalue weighted by atomic mass is 16.6. The first kappa shape index (κ1) is 28.5. The Morgan fingerprint density at radius 2 is 1.70 bits per heavy atom. The lowest BCUT2D eigenvalue weighted by molar-refractivity contribution is -0.146. The highest BCUT2D eigenvalue weighted by Crippen LogP contribution is 2.39. The van der Waals surface area contributed by atoms with E-state index in [1.165, 1.54) is 0 Å². The summed E-state index contributed by atoms with van der Waals surface area (Å²) in [7, 11) is 0. The molecule has 2 unspecified atom stereocenters. The second-order valence-corrected chi connectivity index (χ2v) is 11.6. The Balaban J connectivity index is 1.82. The second-order valence-electron chi connectivity index (χ2n) is 11.6. The highest BCUT2D eigenvalue weighted by Gasteiger charge is 2.49. The summed E-state index contributed by atoms with van der Waals surface area (Å²) in [6.07, 6.45) is 1.89. The molecule has 2 N–H and O–H groups in total. The number of hydrogen-bond acceptors (Lipinski definition) is 5. The lowest BCUT2D eigenvalue weighted by atomic mass is 9.71. The Bertz CT molecular complexity index is 979. The van der Waals surface area contributed by atoms with Crippen molar-refractivity contribution in [1.82, 2.24) is 15.1 Å². The van der Waals surface area contributed by atoms with Gasteiger partial charge in [-0.1, -0.05) is 44.2 Å². The maximum Gasteiger partial charge on any atom is 0.410 e. The Labute approximate surface area is 219 Å². The van der Waals surface area contributed by atoms with Gasteiger partial charge in [0.2, 0.25) is 11.8 Å². The number of likely N-dealkylation sites (tertiary alicyclic amines) is 2. The summed E-state index contributed by atoms with van der Waals surface area (Å²) in [4.78, 5) is 55.1. The summed E-state index contributed by atoms with van der Waals surface area (Å²) in [5.74, 6) is -1.54. The first-order chi connectivity index (χ1) is 17.3. The summed E-state index contributed by atoms with van der Waals surface area (Å²) in [6, 6.07) is 7.82. The molecule has 2 heterocycles. The molecule has 2 aliphatic heterocycles. The van der Waals surface area contributed by atoms with Crippen LogP contribution >= 0.6 is 0 Å². The van der Waals surface area contributed by atoms with Gasteiger partial charge in [0.15, 0.2) is 0 Å². The zero-order valence-corrected chi connectivity index (χ0v) is 22.7. The summed E-state index contributed by atoms with van der Waals surface area (Å²) in [5.41, 5.74) is -0.634. The van der Waals surface area contributed by atoms with Gasteiger partial charge in [0.25, 0.3) is 0 Å². The minimum Gasteiger partial charge on any atom is -0.480 e. The minimum absolute atomic E-state index is 0.0965. The maximum absolute atomic E-state index is 14.2. The lowest BCUT2D eigenvalue weighted by Gasteiger charge is -2.44. The fourth-order valence-electron chi connectivity index (χ4n) is 5.30. The molecular weight excluding hydrogens is 474 g/mol. The van der Waals surface area contributed by atoms with Crippen LogP contribution in [0.5, 0.6) is 0 Å². The van der Waals surface area contributed by atoms with Gasteiger partial charge in [-0.15, -0.1) is 0 Å². The number of carbonyl (C=O) groups excluding carboxylic acids is 3. The fourth-order valence-corrected chi connectivity index (χ4v) is 5.30. The number of benzene rings is 1. The smallest absolute Gasteiger partial charge is 0.410 e. The molecule has 2 fully saturated rings. The molecule has 204 valence electrons. The van der Waals surface area contributed by atoms with Crippen LogP contribution in [0.3, 0.4) is 0 Å². The summed E-state index contributed by atoms with van der Waals surface area (Å²) >= 11 is 0. The minimum atomic E-state index is -1.08. The molecular formula is C28H41N3O6. The maximum atomic E-state index is 14.2. The second kappa shape index (κ2) is 11.5. The summed E-state index contributed by atoms with van der Waals surface area (Å²) in [5, 5.41) is 12.3. The number of carboxylic acids is 1. The molecule has 0 radical (unpaired) electrons. The Morgan fingerprint density at radius 3 is 2.24 bits per heavy atom. The van der Waals surface area contributed by atoms with Crippen molar-refractivity contribution >= 4 is 23.9 Å². The largest absolute Gasteiger partial charge is 0.480 e. The third kappa shape index (κ3) is 6.81. The topological polar surface area (TPSA) is 116 Å². The third-order valence-corrected chi connectivity index (χ3v) is 7.14. The number of carbonyl (C=O) groups is 4. The average Bonchev–Trinajstić information content (AvgIpc) is 3.32. The van der Waals surface area contributed by atoms with E-state index in [1.54, 1.807) is 9.80 Å². The molecule has 0 bridgehead atoms. The van der Waals surface area contributed by atoms with Crippen LogP contribution in [0.4, 0.5) is 4.79 Å². The fraction of sp³-hybridized carbons (Fsp3) is 0.643. The number of carboxylic acid groups (broad SMARTS) is 1. The van der Waals surface area contributed by atoms with Gasteiger partial charge < -0.3 is 25.0 Å². The van der Waals surface area contributed by atoms with Crippen molar-refractivity contribution < 1.29 is 29.0 Å². The first-order valence-electron chi connectivity index (χ1n) is 13.2. The van der Waals surface area contributed by atoms with Crippen LogP contribution in [0.1, 0.15) is 72.3 Å². The van der Waals surface area contributed by atoms with Gasteiger partial charge in [0, 0.05) is 19.6 Å². The van der Waals surface area contributed by atoms with Crippen molar-refractivity contribution in [2.24, 2.45) is 5.92 Å². The van der Waals surface area contributed by atoms with E-state index in [4.69, 9.17) is 4.74 Å². The molecule has 37 heavy (non-hydrogen) atoms. The van der Waals surface area contributed by atoms with Gasteiger partial charge in [-0.05, 0) is 64.4 Å². The van der Waals surface area contributed by atoms with Crippen molar-refractivity contribution in [1.29, 1.82) is 0 Å². The zero-order valence-electron chi connectivity index (χ0n) is 22.7. The zero-order chi connectivity index (χ0) is 27.4. The van der Waals surface area contributed by atoms with Gasteiger partial charge in [-0.25, -0.2) is 9.59 Å². The Kier molecular flexibility index (Phi) is 8.87. The van der Waals surface area contributed by atoms with Crippen LogP contribution in [0, 0.1) is 5.92 Å². The Hall–Kier alpha value is -3.10. The summed E-state index contributed by atoms with van der Waals surface area (Å²) in [6.45, 7) is 10.4. The van der Waals surface area contributed by atoms with E-state index in [1.807, 2.05) is 65.0 Å². The molecule has 0 aromatic heterocycles. The summed E-state index contributed by atoms with van der Waals surface area (Å²) < 4.78 is 5.53. The van der Waals surface area contributed by atoms with Crippen LogP contribution in [0.15, 0.2) is 30.3 Å². The number of nitrogens with one attached hydrogen (secondary N) is 1. The molecule has 2 saturated heterocycles. The molecule has 0 spiro atoms. The van der Waals surface area contributed by atoms with Crippen LogP contribution in [-0.2, 0) is 24.5 Å². The molecule has 2 aliphatic rings. The molecule has 1 aromatic rings. The van der Waals surface area contributed by atoms with Crippen molar-refractivity contribution in [2.45, 2.75) is 89.8 Å². The number of piperidine rings is 1. The number of rotatable bonds is 7. The van der Waals surface area contributed by atoms with Crippen molar-refractivity contribution in [2.75, 3.05) is 19.6 Å². The van der Waals surface area contributed by atoms with Crippen LogP contribution in [0.2, 0.25) is 0 Å². The van der Waals surface area contributed by atoms with E-state index in [0.29, 0.717) is 51.7 Å². The quantitative estimate of drug-likeness (QED) is 0.574. The van der Waals surface area contributed by atoms with Gasteiger partial charge in [-0.3, -0.25) is 9.59 Å². The van der Waals surface area contributed by atoms with Gasteiger partial charge >= 0.3 is 12.1 Å². The number of aliphatic carboxylic acids is 1. The Morgan fingerprint density at radius 1 is 1.08 bits per heavy atom. The van der Waals surface area contributed by atoms with Crippen molar-refractivity contribution in [3.63, 3.8) is 0 Å². The molecule has 0 aliphatic carbocycles. The van der Waals surface area contributed by atoms with E-state index < -0.39 is 41.1 Å². The van der Waals surface area contributed by atoms with E-state index in [2.05, 4.69) is 5.32 Å². The molecule has 9 heteroatoms. The SMILES string of the molecule is CC(C)CC(NC(=O)C1CCCN1C(=O)C1(c2ccccc2)CCN(C(=O)OC(C)(C)C)CC1)C(=O)O. The first-order valence-corrected chi connectivity index (χ1v) is 13.2. The van der Waals surface area contributed by atoms with E-state index >= 15 is 0 Å². The highest BCUT2D eigenvalue weighted by molar-refractivity contribution is 5.95. The predicted molar refractivity (Wildman–Crippen MR) is 139 cm³/mol. The molecule has 3 rings (SSSR count). The molecule has 3 amide bonds. The number of amides is 3. The number of ether oxygens (including phenoxy) is 1. The third-order valence-electron chi connectivity index (χ3n) is 7.14. The molecule has 0 saturated carbocycles. The van der Waals surface area contributed by atoms with Gasteiger partial charge in [0.05, 0.1) is 5.41 Å². The van der Waals surface area contributed by atoms with Crippen LogP contribution in [-0.4, -0.2) is 76.1 Å². The van der Waals surface area contributed by atoms with Gasteiger partial charge in [-0.2, -0.15) is 0 Å². The van der Waals surface area contributed by atoms with E-state index in [0.717, 1.165) is 5.56 Å². The standard InChI is InChI=1S/C28H41N3O6/c1-19(2)18-21(24(33)34)29-23(32)22-12-9-15-31(22)25(35)28(20-10-7-6-8-11-20)13-16-30(17-14-28)26(36)37-27(3,4)5/h6-8,10-11,19,21-22H,9,12-18H2,1-5H3,(H,29,32)(H,33,34). The van der Waals surface area contributed by atoms with E-state index in [-0.39, 0.29) is 11.8 Å². The predicted octanol–water partition coefficient (Wildman–Crippen LogP) is 3.56. The normalized spacial score (nSPS) is 20.4. The van der Waals surface area contributed by atoms with Crippen molar-refractivity contribution in [3.05, 3.63) is 35.9 Å². The van der Waals surface area contributed by atoms with Crippen LogP contribution < -0.4 is 5.32 Å². The lowest BCUT2D eigenvalue weighted by Crippen LogP contribution is -2.58. The molecule has 9 nitrogen and oxygen atoms in total. The number of nitrogens with zero attached hydrogens (tertiary/aromatic N) is 2. The van der Waals surface area contributed by atoms with E-state index in [9.17, 15) is 24.3 Å².